The van der Waals surface area contributed by atoms with E-state index in [4.69, 9.17) is 5.73 Å². The fourth-order valence-electron chi connectivity index (χ4n) is 1.85. The molecule has 2 N–H and O–H groups in total. The van der Waals surface area contributed by atoms with E-state index in [-0.39, 0.29) is 35.3 Å². The minimum absolute atomic E-state index is 0. The van der Waals surface area contributed by atoms with E-state index in [1.807, 2.05) is 6.92 Å². The van der Waals surface area contributed by atoms with E-state index in [0.29, 0.717) is 6.42 Å². The second-order valence-corrected chi connectivity index (χ2v) is 7.22. The molecule has 0 aromatic heterocycles. The Bertz CT molecular complexity index is 570. The molecule has 1 rings (SSSR count). The van der Waals surface area contributed by atoms with Crippen LogP contribution >= 0.6 is 12.4 Å². The summed E-state index contributed by atoms with van der Waals surface area (Å²) < 4.78 is 22.8. The highest BCUT2D eigenvalue weighted by Crippen LogP contribution is 2.21. The molecule has 0 aliphatic carbocycles. The molecule has 2 unspecified atom stereocenters. The van der Waals surface area contributed by atoms with Crippen LogP contribution in [0.5, 0.6) is 0 Å². The van der Waals surface area contributed by atoms with Crippen LogP contribution in [0.15, 0.2) is 29.2 Å². The minimum atomic E-state index is -3.19. The molecule has 21 heavy (non-hydrogen) atoms. The van der Waals surface area contributed by atoms with Crippen molar-refractivity contribution in [2.45, 2.75) is 37.2 Å². The Labute approximate surface area is 132 Å². The van der Waals surface area contributed by atoms with Gasteiger partial charge in [0.25, 0.3) is 0 Å². The van der Waals surface area contributed by atoms with E-state index >= 15 is 0 Å². The van der Waals surface area contributed by atoms with Gasteiger partial charge < -0.3 is 10.6 Å². The number of amides is 1. The molecule has 0 spiro atoms. The molecular weight excluding hydrogens is 312 g/mol. The van der Waals surface area contributed by atoms with Gasteiger partial charge in [-0.3, -0.25) is 4.79 Å². The van der Waals surface area contributed by atoms with Gasteiger partial charge >= 0.3 is 0 Å². The van der Waals surface area contributed by atoms with Crippen LogP contribution in [0, 0.1) is 0 Å². The van der Waals surface area contributed by atoms with Gasteiger partial charge in [-0.05, 0) is 31.5 Å². The molecular formula is C14H23ClN2O3S. The molecule has 2 atom stereocenters. The maximum absolute atomic E-state index is 11.9. The Morgan fingerprint density at radius 3 is 2.10 bits per heavy atom. The molecule has 0 aliphatic rings. The van der Waals surface area contributed by atoms with E-state index in [9.17, 15) is 13.2 Å². The Hall–Kier alpha value is -1.11. The summed E-state index contributed by atoms with van der Waals surface area (Å²) in [5.41, 5.74) is 6.51. The van der Waals surface area contributed by atoms with E-state index in [0.717, 1.165) is 5.56 Å². The monoisotopic (exact) mass is 334 g/mol. The number of carbonyl (C=O) groups excluding carboxylic acids is 1. The van der Waals surface area contributed by atoms with Gasteiger partial charge in [0.1, 0.15) is 0 Å². The predicted molar refractivity (Wildman–Crippen MR) is 86.3 cm³/mol. The molecule has 1 aromatic rings. The number of hydrogen-bond acceptors (Lipinski definition) is 4. The summed E-state index contributed by atoms with van der Waals surface area (Å²) in [4.78, 5) is 13.8. The molecule has 0 heterocycles. The number of hydrogen-bond donors (Lipinski definition) is 1. The Morgan fingerprint density at radius 2 is 1.71 bits per heavy atom. The van der Waals surface area contributed by atoms with Crippen molar-refractivity contribution >= 4 is 28.2 Å². The van der Waals surface area contributed by atoms with Crippen molar-refractivity contribution in [2.24, 2.45) is 5.73 Å². The molecule has 120 valence electrons. The predicted octanol–water partition coefficient (Wildman–Crippen LogP) is 1.77. The first-order valence-electron chi connectivity index (χ1n) is 6.44. The second-order valence-electron chi connectivity index (χ2n) is 5.20. The van der Waals surface area contributed by atoms with Crippen LogP contribution in [-0.4, -0.2) is 38.6 Å². The van der Waals surface area contributed by atoms with Crippen molar-refractivity contribution in [1.82, 2.24) is 4.90 Å². The number of nitrogens with zero attached hydrogens (tertiary/aromatic N) is 1. The average Bonchev–Trinajstić information content (AvgIpc) is 2.35. The highest BCUT2D eigenvalue weighted by Gasteiger charge is 2.18. The van der Waals surface area contributed by atoms with Gasteiger partial charge in [-0.15, -0.1) is 12.4 Å². The molecule has 0 fully saturated rings. The average molecular weight is 335 g/mol. The summed E-state index contributed by atoms with van der Waals surface area (Å²) in [5.74, 6) is -0.0281. The van der Waals surface area contributed by atoms with E-state index < -0.39 is 9.84 Å². The van der Waals surface area contributed by atoms with Crippen molar-refractivity contribution in [3.05, 3.63) is 29.8 Å². The minimum Gasteiger partial charge on any atom is -0.339 e. The molecule has 5 nitrogen and oxygen atoms in total. The lowest BCUT2D eigenvalue weighted by atomic mass is 10.1. The molecule has 0 radical (unpaired) electrons. The van der Waals surface area contributed by atoms with E-state index in [2.05, 4.69) is 0 Å². The first kappa shape index (κ1) is 19.9. The zero-order chi connectivity index (χ0) is 15.5. The topological polar surface area (TPSA) is 80.5 Å². The van der Waals surface area contributed by atoms with Crippen molar-refractivity contribution in [1.29, 1.82) is 0 Å². The number of rotatable bonds is 5. The third-order valence-corrected chi connectivity index (χ3v) is 4.39. The van der Waals surface area contributed by atoms with Gasteiger partial charge in [-0.2, -0.15) is 0 Å². The molecule has 0 saturated heterocycles. The lowest BCUT2D eigenvalue weighted by Crippen LogP contribution is -2.33. The molecule has 7 heteroatoms. The maximum atomic E-state index is 11.9. The van der Waals surface area contributed by atoms with Crippen molar-refractivity contribution < 1.29 is 13.2 Å². The number of carbonyl (C=O) groups is 1. The third-order valence-electron chi connectivity index (χ3n) is 3.26. The first-order chi connectivity index (χ1) is 9.12. The molecule has 0 bridgehead atoms. The summed E-state index contributed by atoms with van der Waals surface area (Å²) >= 11 is 0. The van der Waals surface area contributed by atoms with Gasteiger partial charge in [0.2, 0.25) is 5.91 Å². The zero-order valence-corrected chi connectivity index (χ0v) is 14.4. The summed E-state index contributed by atoms with van der Waals surface area (Å²) in [6.45, 7) is 3.69. The fraction of sp³-hybridized carbons (Fsp3) is 0.500. The van der Waals surface area contributed by atoms with Crippen molar-refractivity contribution in [3.8, 4) is 0 Å². The zero-order valence-electron chi connectivity index (χ0n) is 12.7. The molecule has 1 aromatic carbocycles. The van der Waals surface area contributed by atoms with Crippen LogP contribution in [0.25, 0.3) is 0 Å². The van der Waals surface area contributed by atoms with Crippen LogP contribution < -0.4 is 5.73 Å². The number of sulfone groups is 1. The van der Waals surface area contributed by atoms with Crippen molar-refractivity contribution in [3.63, 3.8) is 0 Å². The Morgan fingerprint density at radius 1 is 1.24 bits per heavy atom. The molecule has 0 saturated carbocycles. The van der Waals surface area contributed by atoms with Crippen LogP contribution in [0.4, 0.5) is 0 Å². The van der Waals surface area contributed by atoms with Gasteiger partial charge in [-0.1, -0.05) is 12.1 Å². The molecule has 0 aliphatic heterocycles. The number of benzene rings is 1. The lowest BCUT2D eigenvalue weighted by molar-refractivity contribution is -0.132. The number of halogens is 1. The van der Waals surface area contributed by atoms with E-state index in [1.54, 1.807) is 43.1 Å². The largest absolute Gasteiger partial charge is 0.339 e. The highest BCUT2D eigenvalue weighted by atomic mass is 35.5. The Balaban J connectivity index is 0.00000400. The summed E-state index contributed by atoms with van der Waals surface area (Å²) in [6, 6.07) is 6.28. The normalized spacial score (nSPS) is 14.0. The quantitative estimate of drug-likeness (QED) is 0.889. The maximum Gasteiger partial charge on any atom is 0.224 e. The molecule has 1 amide bonds. The Kier molecular flexibility index (Phi) is 7.36. The van der Waals surface area contributed by atoms with E-state index in [1.165, 1.54) is 6.26 Å². The second kappa shape index (κ2) is 7.77. The SMILES string of the molecule is CC(N)CC(=O)N(C)C(C)c1ccc(S(C)(=O)=O)cc1.Cl. The fourth-order valence-corrected chi connectivity index (χ4v) is 2.48. The van der Waals surface area contributed by atoms with Crippen molar-refractivity contribution in [2.75, 3.05) is 13.3 Å². The lowest BCUT2D eigenvalue weighted by Gasteiger charge is -2.26. The number of nitrogens with two attached hydrogens (primary N) is 1. The van der Waals surface area contributed by atoms with Crippen LogP contribution in [-0.2, 0) is 14.6 Å². The van der Waals surface area contributed by atoms with Gasteiger partial charge in [-0.25, -0.2) is 8.42 Å². The van der Waals surface area contributed by atoms with Crippen LogP contribution in [0.1, 0.15) is 31.9 Å². The highest BCUT2D eigenvalue weighted by molar-refractivity contribution is 7.90. The standard InChI is InChI=1S/C14H22N2O3S.ClH/c1-10(15)9-14(17)16(3)11(2)12-5-7-13(8-6-12)20(4,18)19;/h5-8,10-11H,9,15H2,1-4H3;1H. The smallest absolute Gasteiger partial charge is 0.224 e. The van der Waals surface area contributed by atoms with Gasteiger partial charge in [0, 0.05) is 25.8 Å². The van der Waals surface area contributed by atoms with Gasteiger partial charge in [0.15, 0.2) is 9.84 Å². The summed E-state index contributed by atoms with van der Waals surface area (Å²) in [5, 5.41) is 0. The van der Waals surface area contributed by atoms with Gasteiger partial charge in [0.05, 0.1) is 10.9 Å². The van der Waals surface area contributed by atoms with Crippen LogP contribution in [0.2, 0.25) is 0 Å². The summed E-state index contributed by atoms with van der Waals surface area (Å²) in [6.07, 6.45) is 1.46. The first-order valence-corrected chi connectivity index (χ1v) is 8.33. The van der Waals surface area contributed by atoms with Crippen LogP contribution in [0.3, 0.4) is 0 Å². The third kappa shape index (κ3) is 5.65. The summed E-state index contributed by atoms with van der Waals surface area (Å²) in [7, 11) is -1.47.